The summed E-state index contributed by atoms with van der Waals surface area (Å²) in [6, 6.07) is 19.3. The smallest absolute Gasteiger partial charge is 0.414 e. The van der Waals surface area contributed by atoms with Crippen LogP contribution in [0.4, 0.5) is 10.5 Å². The molecule has 3 heteroatoms. The number of benzene rings is 2. The zero-order valence-corrected chi connectivity index (χ0v) is 11.4. The summed E-state index contributed by atoms with van der Waals surface area (Å²) < 4.78 is 5.18. The molecule has 0 spiro atoms. The molecule has 3 nitrogen and oxygen atoms in total. The quantitative estimate of drug-likeness (QED) is 0.838. The van der Waals surface area contributed by atoms with Crippen molar-refractivity contribution in [1.82, 2.24) is 0 Å². The third-order valence-electron chi connectivity index (χ3n) is 2.83. The van der Waals surface area contributed by atoms with E-state index in [1.165, 1.54) is 4.90 Å². The van der Waals surface area contributed by atoms with Crippen molar-refractivity contribution in [3.05, 3.63) is 72.3 Å². The lowest BCUT2D eigenvalue weighted by Crippen LogP contribution is -2.26. The van der Waals surface area contributed by atoms with Gasteiger partial charge < -0.3 is 4.74 Å². The zero-order valence-electron chi connectivity index (χ0n) is 11.4. The minimum absolute atomic E-state index is 0.255. The van der Waals surface area contributed by atoms with Crippen LogP contribution in [0.25, 0.3) is 6.08 Å². The molecule has 2 rings (SSSR count). The number of hydrogen-bond donors (Lipinski definition) is 0. The van der Waals surface area contributed by atoms with E-state index in [0.717, 1.165) is 11.3 Å². The standard InChI is InChI=1S/C17H17NO2/c1-18(16-12-6-3-7-13-16)17(19)20-14-8-11-15-9-4-2-5-10-15/h2-13H,14H2,1H3. The molecule has 0 aliphatic rings. The Kier molecular flexibility index (Phi) is 4.95. The molecule has 20 heavy (non-hydrogen) atoms. The van der Waals surface area contributed by atoms with E-state index in [9.17, 15) is 4.79 Å². The van der Waals surface area contributed by atoms with Crippen molar-refractivity contribution in [3.8, 4) is 0 Å². The molecule has 0 fully saturated rings. The lowest BCUT2D eigenvalue weighted by molar-refractivity contribution is 0.167. The van der Waals surface area contributed by atoms with Crippen molar-refractivity contribution in [2.75, 3.05) is 18.6 Å². The van der Waals surface area contributed by atoms with Gasteiger partial charge in [-0.2, -0.15) is 0 Å². The van der Waals surface area contributed by atoms with E-state index < -0.39 is 0 Å². The lowest BCUT2D eigenvalue weighted by atomic mass is 10.2. The first-order chi connectivity index (χ1) is 9.77. The normalized spacial score (nSPS) is 10.4. The van der Waals surface area contributed by atoms with Gasteiger partial charge in [0.15, 0.2) is 0 Å². The Labute approximate surface area is 119 Å². The fourth-order valence-corrected chi connectivity index (χ4v) is 1.72. The summed E-state index contributed by atoms with van der Waals surface area (Å²) in [6.07, 6.45) is 3.39. The second kappa shape index (κ2) is 7.14. The van der Waals surface area contributed by atoms with Crippen LogP contribution in [0.1, 0.15) is 5.56 Å². The number of nitrogens with zero attached hydrogens (tertiary/aromatic N) is 1. The Morgan fingerprint density at radius 2 is 1.65 bits per heavy atom. The Balaban J connectivity index is 1.82. The predicted octanol–water partition coefficient (Wildman–Crippen LogP) is 3.97. The molecular weight excluding hydrogens is 250 g/mol. The number of ether oxygens (including phenoxy) is 1. The van der Waals surface area contributed by atoms with Gasteiger partial charge >= 0.3 is 6.09 Å². The van der Waals surface area contributed by atoms with Gasteiger partial charge in [0.25, 0.3) is 0 Å². The molecule has 0 aliphatic heterocycles. The van der Waals surface area contributed by atoms with Gasteiger partial charge in [-0.05, 0) is 23.8 Å². The van der Waals surface area contributed by atoms with E-state index in [4.69, 9.17) is 4.74 Å². The molecule has 0 aliphatic carbocycles. The van der Waals surface area contributed by atoms with Crippen molar-refractivity contribution in [1.29, 1.82) is 0 Å². The third kappa shape index (κ3) is 3.99. The van der Waals surface area contributed by atoms with Gasteiger partial charge in [-0.25, -0.2) is 4.79 Å². The maximum atomic E-state index is 11.8. The van der Waals surface area contributed by atoms with Crippen molar-refractivity contribution >= 4 is 17.9 Å². The van der Waals surface area contributed by atoms with E-state index in [1.54, 1.807) is 7.05 Å². The summed E-state index contributed by atoms with van der Waals surface area (Å²) in [5.41, 5.74) is 1.89. The van der Waals surface area contributed by atoms with Crippen LogP contribution in [0, 0.1) is 0 Å². The molecule has 0 atom stereocenters. The van der Waals surface area contributed by atoms with Gasteiger partial charge in [0, 0.05) is 12.7 Å². The third-order valence-corrected chi connectivity index (χ3v) is 2.83. The van der Waals surface area contributed by atoms with Gasteiger partial charge in [0.05, 0.1) is 0 Å². The van der Waals surface area contributed by atoms with Crippen molar-refractivity contribution in [3.63, 3.8) is 0 Å². The van der Waals surface area contributed by atoms with Crippen molar-refractivity contribution < 1.29 is 9.53 Å². The van der Waals surface area contributed by atoms with Gasteiger partial charge in [-0.3, -0.25) is 4.90 Å². The number of para-hydroxylation sites is 1. The largest absolute Gasteiger partial charge is 0.445 e. The number of carbonyl (C=O) groups excluding carboxylic acids is 1. The van der Waals surface area contributed by atoms with Crippen LogP contribution in [0.5, 0.6) is 0 Å². The van der Waals surface area contributed by atoms with Gasteiger partial charge in [-0.1, -0.05) is 54.6 Å². The highest BCUT2D eigenvalue weighted by Crippen LogP contribution is 2.12. The van der Waals surface area contributed by atoms with Crippen LogP contribution >= 0.6 is 0 Å². The Morgan fingerprint density at radius 3 is 2.30 bits per heavy atom. The van der Waals surface area contributed by atoms with E-state index in [0.29, 0.717) is 0 Å². The average Bonchev–Trinajstić information content (AvgIpc) is 2.52. The number of amides is 1. The van der Waals surface area contributed by atoms with Crippen LogP contribution < -0.4 is 4.90 Å². The monoisotopic (exact) mass is 267 g/mol. The maximum absolute atomic E-state index is 11.8. The summed E-state index contributed by atoms with van der Waals surface area (Å²) in [4.78, 5) is 13.3. The Morgan fingerprint density at radius 1 is 1.05 bits per heavy atom. The minimum Gasteiger partial charge on any atom is -0.445 e. The number of rotatable bonds is 4. The van der Waals surface area contributed by atoms with E-state index in [1.807, 2.05) is 72.8 Å². The van der Waals surface area contributed by atoms with E-state index in [2.05, 4.69) is 0 Å². The highest BCUT2D eigenvalue weighted by molar-refractivity contribution is 5.86. The number of carbonyl (C=O) groups is 1. The summed E-state index contributed by atoms with van der Waals surface area (Å²) in [6.45, 7) is 0.255. The van der Waals surface area contributed by atoms with Crippen molar-refractivity contribution in [2.45, 2.75) is 0 Å². The molecule has 1 amide bonds. The summed E-state index contributed by atoms with van der Waals surface area (Å²) in [5.74, 6) is 0. The molecule has 2 aromatic carbocycles. The van der Waals surface area contributed by atoms with Crippen LogP contribution in [-0.4, -0.2) is 19.7 Å². The van der Waals surface area contributed by atoms with Crippen LogP contribution in [0.2, 0.25) is 0 Å². The zero-order chi connectivity index (χ0) is 14.2. The Hall–Kier alpha value is -2.55. The first-order valence-electron chi connectivity index (χ1n) is 6.44. The van der Waals surface area contributed by atoms with Gasteiger partial charge in [0.1, 0.15) is 6.61 Å². The fraction of sp³-hybridized carbons (Fsp3) is 0.118. The highest BCUT2D eigenvalue weighted by atomic mass is 16.6. The SMILES string of the molecule is CN(C(=O)OCC=Cc1ccccc1)c1ccccc1. The first kappa shape index (κ1) is 13.9. The molecule has 0 unspecified atom stereocenters. The molecule has 0 saturated carbocycles. The second-order valence-corrected chi connectivity index (χ2v) is 4.28. The van der Waals surface area contributed by atoms with Crippen LogP contribution in [0.3, 0.4) is 0 Å². The lowest BCUT2D eigenvalue weighted by Gasteiger charge is -2.16. The molecule has 102 valence electrons. The number of anilines is 1. The number of hydrogen-bond acceptors (Lipinski definition) is 2. The Bertz CT molecular complexity index is 564. The maximum Gasteiger partial charge on any atom is 0.414 e. The molecule has 0 saturated heterocycles. The molecule has 0 N–H and O–H groups in total. The second-order valence-electron chi connectivity index (χ2n) is 4.28. The van der Waals surface area contributed by atoms with Gasteiger partial charge in [0.2, 0.25) is 0 Å². The van der Waals surface area contributed by atoms with E-state index in [-0.39, 0.29) is 12.7 Å². The first-order valence-corrected chi connectivity index (χ1v) is 6.44. The predicted molar refractivity (Wildman–Crippen MR) is 81.7 cm³/mol. The summed E-state index contributed by atoms with van der Waals surface area (Å²) >= 11 is 0. The molecular formula is C17H17NO2. The fourth-order valence-electron chi connectivity index (χ4n) is 1.72. The molecule has 0 heterocycles. The van der Waals surface area contributed by atoms with Gasteiger partial charge in [-0.15, -0.1) is 0 Å². The van der Waals surface area contributed by atoms with Crippen LogP contribution in [-0.2, 0) is 4.74 Å². The van der Waals surface area contributed by atoms with Crippen molar-refractivity contribution in [2.24, 2.45) is 0 Å². The topological polar surface area (TPSA) is 29.5 Å². The molecule has 0 bridgehead atoms. The minimum atomic E-state index is -0.367. The van der Waals surface area contributed by atoms with E-state index >= 15 is 0 Å². The molecule has 0 radical (unpaired) electrons. The summed E-state index contributed by atoms with van der Waals surface area (Å²) in [7, 11) is 1.69. The molecule has 2 aromatic rings. The average molecular weight is 267 g/mol. The summed E-state index contributed by atoms with van der Waals surface area (Å²) in [5, 5.41) is 0. The highest BCUT2D eigenvalue weighted by Gasteiger charge is 2.10. The molecule has 0 aromatic heterocycles. The van der Waals surface area contributed by atoms with Crippen LogP contribution in [0.15, 0.2) is 66.7 Å².